The Hall–Kier alpha value is -2.17. The van der Waals surface area contributed by atoms with E-state index < -0.39 is 5.91 Å². The lowest BCUT2D eigenvalue weighted by Crippen LogP contribution is -2.05. The fourth-order valence-corrected chi connectivity index (χ4v) is 2.37. The molecule has 24 heavy (non-hydrogen) atoms. The van der Waals surface area contributed by atoms with Crippen LogP contribution >= 0.6 is 0 Å². The van der Waals surface area contributed by atoms with Gasteiger partial charge in [0.05, 0.1) is 20.8 Å². The van der Waals surface area contributed by atoms with Crippen molar-refractivity contribution in [2.24, 2.45) is 5.73 Å². The average molecular weight is 335 g/mol. The van der Waals surface area contributed by atoms with Gasteiger partial charge in [-0.05, 0) is 30.2 Å². The number of hydrogen-bond acceptors (Lipinski definition) is 4. The Morgan fingerprint density at radius 3 is 2.17 bits per heavy atom. The van der Waals surface area contributed by atoms with E-state index >= 15 is 0 Å². The fraction of sp³-hybridized carbons (Fsp3) is 0.526. The minimum atomic E-state index is -0.503. The molecule has 0 spiro atoms. The summed E-state index contributed by atoms with van der Waals surface area (Å²) in [6, 6.07) is 3.58. The third-order valence-electron chi connectivity index (χ3n) is 3.67. The summed E-state index contributed by atoms with van der Waals surface area (Å²) in [5.41, 5.74) is 5.88. The van der Waals surface area contributed by atoms with Crippen LogP contribution in [-0.2, 0) is 4.79 Å². The molecule has 0 unspecified atom stereocenters. The van der Waals surface area contributed by atoms with Crippen molar-refractivity contribution in [2.75, 3.05) is 20.8 Å². The van der Waals surface area contributed by atoms with E-state index in [0.29, 0.717) is 23.9 Å². The molecule has 0 aliphatic heterocycles. The van der Waals surface area contributed by atoms with Crippen molar-refractivity contribution in [3.8, 4) is 17.2 Å². The lowest BCUT2D eigenvalue weighted by molar-refractivity contribution is -0.113. The molecule has 1 amide bonds. The maximum absolute atomic E-state index is 10.9. The highest BCUT2D eigenvalue weighted by molar-refractivity contribution is 5.90. The van der Waals surface area contributed by atoms with E-state index in [4.69, 9.17) is 19.9 Å². The van der Waals surface area contributed by atoms with Crippen LogP contribution < -0.4 is 19.9 Å². The summed E-state index contributed by atoms with van der Waals surface area (Å²) in [4.78, 5) is 10.9. The Balaban J connectivity index is 2.69. The first-order valence-electron chi connectivity index (χ1n) is 8.48. The Bertz CT molecular complexity index is 515. The molecule has 0 aromatic heterocycles. The molecule has 0 bridgehead atoms. The molecule has 0 saturated carbocycles. The number of nitrogens with two attached hydrogens (primary N) is 1. The third kappa shape index (κ3) is 6.94. The number of hydrogen-bond donors (Lipinski definition) is 1. The molecule has 0 radical (unpaired) electrons. The molecule has 0 fully saturated rings. The Labute approximate surface area is 144 Å². The minimum absolute atomic E-state index is 0.503. The fourth-order valence-electron chi connectivity index (χ4n) is 2.37. The van der Waals surface area contributed by atoms with Gasteiger partial charge in [-0.3, -0.25) is 4.79 Å². The first-order chi connectivity index (χ1) is 11.6. The topological polar surface area (TPSA) is 70.8 Å². The van der Waals surface area contributed by atoms with Gasteiger partial charge in [0.1, 0.15) is 0 Å². The van der Waals surface area contributed by atoms with E-state index in [1.54, 1.807) is 32.4 Å². The number of carbonyl (C=O) groups is 1. The summed E-state index contributed by atoms with van der Waals surface area (Å²) in [5.74, 6) is 1.23. The van der Waals surface area contributed by atoms with Crippen LogP contribution in [0.4, 0.5) is 0 Å². The van der Waals surface area contributed by atoms with Gasteiger partial charge in [0, 0.05) is 6.08 Å². The lowest BCUT2D eigenvalue weighted by atomic mass is 10.1. The third-order valence-corrected chi connectivity index (χ3v) is 3.67. The second kappa shape index (κ2) is 11.4. The number of ether oxygens (including phenoxy) is 3. The normalized spacial score (nSPS) is 10.8. The second-order valence-electron chi connectivity index (χ2n) is 5.61. The maximum Gasteiger partial charge on any atom is 0.241 e. The van der Waals surface area contributed by atoms with Crippen molar-refractivity contribution in [3.05, 3.63) is 23.8 Å². The van der Waals surface area contributed by atoms with Crippen molar-refractivity contribution in [1.82, 2.24) is 0 Å². The predicted molar refractivity (Wildman–Crippen MR) is 96.6 cm³/mol. The van der Waals surface area contributed by atoms with E-state index in [-0.39, 0.29) is 0 Å². The monoisotopic (exact) mass is 335 g/mol. The van der Waals surface area contributed by atoms with Crippen LogP contribution in [0.2, 0.25) is 0 Å². The van der Waals surface area contributed by atoms with Crippen LogP contribution in [0.5, 0.6) is 17.2 Å². The Kier molecular flexibility index (Phi) is 9.42. The summed E-state index contributed by atoms with van der Waals surface area (Å²) < 4.78 is 16.7. The standard InChI is InChI=1S/C19H29NO4/c1-4-5-6-7-8-9-12-24-19-16(22-2)13-15(10-11-18(20)21)14-17(19)23-3/h10-11,13-14H,4-9,12H2,1-3H3,(H2,20,21)/b11-10+. The molecule has 1 aromatic carbocycles. The zero-order valence-corrected chi connectivity index (χ0v) is 15.0. The summed E-state index contributed by atoms with van der Waals surface area (Å²) in [7, 11) is 3.15. The SMILES string of the molecule is CCCCCCCCOc1c(OC)cc(/C=C/C(N)=O)cc1OC. The first-order valence-corrected chi connectivity index (χ1v) is 8.48. The van der Waals surface area contributed by atoms with Gasteiger partial charge in [-0.1, -0.05) is 39.0 Å². The zero-order valence-electron chi connectivity index (χ0n) is 15.0. The molecule has 0 aliphatic carbocycles. The van der Waals surface area contributed by atoms with Gasteiger partial charge in [0.25, 0.3) is 0 Å². The highest BCUT2D eigenvalue weighted by Crippen LogP contribution is 2.39. The maximum atomic E-state index is 10.9. The Morgan fingerprint density at radius 2 is 1.62 bits per heavy atom. The predicted octanol–water partition coefficient (Wildman–Crippen LogP) is 3.94. The van der Waals surface area contributed by atoms with Crippen LogP contribution in [-0.4, -0.2) is 26.7 Å². The highest BCUT2D eigenvalue weighted by Gasteiger charge is 2.13. The van der Waals surface area contributed by atoms with Crippen LogP contribution in [0.3, 0.4) is 0 Å². The van der Waals surface area contributed by atoms with Crippen LogP contribution in [0.15, 0.2) is 18.2 Å². The van der Waals surface area contributed by atoms with Crippen molar-refractivity contribution >= 4 is 12.0 Å². The van der Waals surface area contributed by atoms with Gasteiger partial charge < -0.3 is 19.9 Å². The van der Waals surface area contributed by atoms with E-state index in [1.165, 1.54) is 31.8 Å². The van der Waals surface area contributed by atoms with E-state index in [2.05, 4.69) is 6.92 Å². The van der Waals surface area contributed by atoms with Gasteiger partial charge in [0.2, 0.25) is 11.7 Å². The molecule has 5 heteroatoms. The highest BCUT2D eigenvalue weighted by atomic mass is 16.5. The van der Waals surface area contributed by atoms with Crippen molar-refractivity contribution in [3.63, 3.8) is 0 Å². The Morgan fingerprint density at radius 1 is 1.04 bits per heavy atom. The van der Waals surface area contributed by atoms with Crippen molar-refractivity contribution in [2.45, 2.75) is 45.4 Å². The molecular weight excluding hydrogens is 306 g/mol. The number of benzene rings is 1. The second-order valence-corrected chi connectivity index (χ2v) is 5.61. The van der Waals surface area contributed by atoms with Gasteiger partial charge >= 0.3 is 0 Å². The van der Waals surface area contributed by atoms with Crippen LogP contribution in [0.25, 0.3) is 6.08 Å². The number of methoxy groups -OCH3 is 2. The van der Waals surface area contributed by atoms with Crippen LogP contribution in [0.1, 0.15) is 51.0 Å². The number of unbranched alkanes of at least 4 members (excludes halogenated alkanes) is 5. The first kappa shape index (κ1) is 19.9. The molecular formula is C19H29NO4. The molecule has 1 rings (SSSR count). The van der Waals surface area contributed by atoms with Gasteiger partial charge in [-0.15, -0.1) is 0 Å². The molecule has 0 atom stereocenters. The number of primary amides is 1. The van der Waals surface area contributed by atoms with E-state index in [1.807, 2.05) is 0 Å². The van der Waals surface area contributed by atoms with Crippen LogP contribution in [0, 0.1) is 0 Å². The lowest BCUT2D eigenvalue weighted by Gasteiger charge is -2.15. The van der Waals surface area contributed by atoms with E-state index in [0.717, 1.165) is 18.4 Å². The molecule has 2 N–H and O–H groups in total. The number of carbonyl (C=O) groups excluding carboxylic acids is 1. The minimum Gasteiger partial charge on any atom is -0.493 e. The smallest absolute Gasteiger partial charge is 0.241 e. The molecule has 0 heterocycles. The molecule has 0 aliphatic rings. The van der Waals surface area contributed by atoms with Gasteiger partial charge in [-0.25, -0.2) is 0 Å². The van der Waals surface area contributed by atoms with Gasteiger partial charge in [-0.2, -0.15) is 0 Å². The summed E-state index contributed by atoms with van der Waals surface area (Å²) in [5, 5.41) is 0. The summed E-state index contributed by atoms with van der Waals surface area (Å²) in [6.07, 6.45) is 10.1. The quantitative estimate of drug-likeness (QED) is 0.464. The zero-order chi connectivity index (χ0) is 17.8. The van der Waals surface area contributed by atoms with Gasteiger partial charge in [0.15, 0.2) is 11.5 Å². The largest absolute Gasteiger partial charge is 0.493 e. The number of rotatable bonds is 12. The number of amides is 1. The average Bonchev–Trinajstić information content (AvgIpc) is 2.59. The van der Waals surface area contributed by atoms with Crippen molar-refractivity contribution < 1.29 is 19.0 Å². The van der Waals surface area contributed by atoms with Crippen molar-refractivity contribution in [1.29, 1.82) is 0 Å². The molecule has 0 saturated heterocycles. The van der Waals surface area contributed by atoms with E-state index in [9.17, 15) is 4.79 Å². The summed E-state index contributed by atoms with van der Waals surface area (Å²) >= 11 is 0. The molecule has 134 valence electrons. The summed E-state index contributed by atoms with van der Waals surface area (Å²) in [6.45, 7) is 2.83. The molecule has 5 nitrogen and oxygen atoms in total. The molecule has 1 aromatic rings.